The number of amides is 2. The lowest BCUT2D eigenvalue weighted by Gasteiger charge is -2.34. The van der Waals surface area contributed by atoms with Gasteiger partial charge in [-0.3, -0.25) is 14.5 Å². The number of methoxy groups -OCH3 is 1. The van der Waals surface area contributed by atoms with Crippen LogP contribution in [0, 0.1) is 0 Å². The molecule has 0 bridgehead atoms. The molecule has 0 radical (unpaired) electrons. The number of fused-ring (bicyclic) bond motifs is 1. The SMILES string of the molecule is COCCNC(=O)C(c1ccccc1)N(CCN1CCOCC1)C(=O)Cn1nnc2ccccc21. The summed E-state index contributed by atoms with van der Waals surface area (Å²) in [6, 6.07) is 16.1. The van der Waals surface area contributed by atoms with E-state index in [1.165, 1.54) is 0 Å². The standard InChI is InChI=1S/C25H32N6O4/c1-34-16-11-26-25(33)24(20-7-3-2-4-8-20)30(13-12-29-14-17-35-18-15-29)23(32)19-31-22-10-6-5-9-21(22)27-28-31/h2-10,24H,11-19H2,1H3,(H,26,33). The van der Waals surface area contributed by atoms with Gasteiger partial charge in [-0.05, 0) is 17.7 Å². The first-order valence-electron chi connectivity index (χ1n) is 11.9. The van der Waals surface area contributed by atoms with Gasteiger partial charge in [-0.2, -0.15) is 0 Å². The summed E-state index contributed by atoms with van der Waals surface area (Å²) in [5, 5.41) is 11.3. The summed E-state index contributed by atoms with van der Waals surface area (Å²) in [7, 11) is 1.58. The normalized spacial score (nSPS) is 15.1. The van der Waals surface area contributed by atoms with E-state index in [4.69, 9.17) is 9.47 Å². The Labute approximate surface area is 204 Å². The maximum absolute atomic E-state index is 13.8. The molecule has 1 aliphatic heterocycles. The van der Waals surface area contributed by atoms with Gasteiger partial charge in [-0.25, -0.2) is 4.68 Å². The van der Waals surface area contributed by atoms with Crippen LogP contribution in [0.15, 0.2) is 54.6 Å². The van der Waals surface area contributed by atoms with Crippen molar-refractivity contribution < 1.29 is 19.1 Å². The molecule has 2 aromatic carbocycles. The van der Waals surface area contributed by atoms with Gasteiger partial charge in [-0.15, -0.1) is 5.10 Å². The number of carbonyl (C=O) groups excluding carboxylic acids is 2. The highest BCUT2D eigenvalue weighted by atomic mass is 16.5. The predicted octanol–water partition coefficient (Wildman–Crippen LogP) is 1.10. The lowest BCUT2D eigenvalue weighted by Crippen LogP contribution is -2.49. The van der Waals surface area contributed by atoms with Gasteiger partial charge in [0.2, 0.25) is 11.8 Å². The van der Waals surface area contributed by atoms with Gasteiger partial charge in [0.05, 0.1) is 25.3 Å². The van der Waals surface area contributed by atoms with Gasteiger partial charge in [0.25, 0.3) is 0 Å². The second kappa shape index (κ2) is 12.4. The number of morpholine rings is 1. The smallest absolute Gasteiger partial charge is 0.247 e. The molecule has 1 saturated heterocycles. The van der Waals surface area contributed by atoms with E-state index in [9.17, 15) is 9.59 Å². The minimum Gasteiger partial charge on any atom is -0.383 e. The minimum atomic E-state index is -0.781. The monoisotopic (exact) mass is 480 g/mol. The molecule has 1 aliphatic rings. The number of nitrogens with zero attached hydrogens (tertiary/aromatic N) is 5. The molecule has 0 saturated carbocycles. The lowest BCUT2D eigenvalue weighted by atomic mass is 10.0. The van der Waals surface area contributed by atoms with Crippen LogP contribution in [0.2, 0.25) is 0 Å². The van der Waals surface area contributed by atoms with Crippen molar-refractivity contribution in [1.82, 2.24) is 30.1 Å². The number of benzene rings is 2. The first-order chi connectivity index (χ1) is 17.2. The van der Waals surface area contributed by atoms with E-state index >= 15 is 0 Å². The van der Waals surface area contributed by atoms with Crippen LogP contribution in [-0.4, -0.2) is 96.3 Å². The molecule has 1 unspecified atom stereocenters. The zero-order chi connectivity index (χ0) is 24.5. The largest absolute Gasteiger partial charge is 0.383 e. The van der Waals surface area contributed by atoms with Crippen molar-refractivity contribution in [3.05, 3.63) is 60.2 Å². The maximum Gasteiger partial charge on any atom is 0.247 e. The second-order valence-electron chi connectivity index (χ2n) is 8.37. The number of ether oxygens (including phenoxy) is 2. The Kier molecular flexibility index (Phi) is 8.77. The molecular weight excluding hydrogens is 448 g/mol. The first-order valence-corrected chi connectivity index (χ1v) is 11.9. The quantitative estimate of drug-likeness (QED) is 0.410. The molecule has 1 N–H and O–H groups in total. The third kappa shape index (κ3) is 6.41. The molecule has 2 amide bonds. The van der Waals surface area contributed by atoms with Crippen molar-refractivity contribution in [3.8, 4) is 0 Å². The average Bonchev–Trinajstić information content (AvgIpc) is 3.30. The van der Waals surface area contributed by atoms with Crippen LogP contribution < -0.4 is 5.32 Å². The van der Waals surface area contributed by atoms with Crippen LogP contribution in [0.5, 0.6) is 0 Å². The number of nitrogens with one attached hydrogen (secondary N) is 1. The Morgan fingerprint density at radius 3 is 2.63 bits per heavy atom. The van der Waals surface area contributed by atoms with Crippen molar-refractivity contribution in [3.63, 3.8) is 0 Å². The number of rotatable bonds is 11. The summed E-state index contributed by atoms with van der Waals surface area (Å²) < 4.78 is 12.1. The zero-order valence-electron chi connectivity index (χ0n) is 20.0. The number of hydrogen-bond acceptors (Lipinski definition) is 7. The molecule has 10 nitrogen and oxygen atoms in total. The lowest BCUT2D eigenvalue weighted by molar-refractivity contribution is -0.142. The summed E-state index contributed by atoms with van der Waals surface area (Å²) in [6.07, 6.45) is 0. The molecule has 3 aromatic rings. The number of carbonyl (C=O) groups is 2. The molecule has 1 aromatic heterocycles. The summed E-state index contributed by atoms with van der Waals surface area (Å²) >= 11 is 0. The Morgan fingerprint density at radius 1 is 1.11 bits per heavy atom. The Bertz CT molecular complexity index is 1100. The third-order valence-corrected chi connectivity index (χ3v) is 6.07. The molecule has 0 aliphatic carbocycles. The number of aromatic nitrogens is 3. The van der Waals surface area contributed by atoms with E-state index < -0.39 is 6.04 Å². The third-order valence-electron chi connectivity index (χ3n) is 6.07. The zero-order valence-corrected chi connectivity index (χ0v) is 20.0. The van der Waals surface area contributed by atoms with E-state index in [1.54, 1.807) is 16.7 Å². The van der Waals surface area contributed by atoms with Crippen LogP contribution in [0.1, 0.15) is 11.6 Å². The fraction of sp³-hybridized carbons (Fsp3) is 0.440. The topological polar surface area (TPSA) is 102 Å². The molecule has 186 valence electrons. The Balaban J connectivity index is 1.61. The van der Waals surface area contributed by atoms with Crippen LogP contribution in [-0.2, 0) is 25.6 Å². The fourth-order valence-electron chi connectivity index (χ4n) is 4.21. The summed E-state index contributed by atoms with van der Waals surface area (Å²) in [5.74, 6) is -0.448. The molecule has 35 heavy (non-hydrogen) atoms. The van der Waals surface area contributed by atoms with E-state index in [2.05, 4.69) is 20.5 Å². The molecule has 0 spiro atoms. The summed E-state index contributed by atoms with van der Waals surface area (Å²) in [4.78, 5) is 31.1. The molecule has 4 rings (SSSR count). The Hall–Kier alpha value is -3.34. The first kappa shape index (κ1) is 24.8. The van der Waals surface area contributed by atoms with Gasteiger partial charge in [0, 0.05) is 39.8 Å². The molecule has 1 fully saturated rings. The number of hydrogen-bond donors (Lipinski definition) is 1. The van der Waals surface area contributed by atoms with Gasteiger partial charge >= 0.3 is 0 Å². The van der Waals surface area contributed by atoms with E-state index in [1.807, 2.05) is 54.6 Å². The summed E-state index contributed by atoms with van der Waals surface area (Å²) in [6.45, 7) is 4.69. The van der Waals surface area contributed by atoms with Crippen LogP contribution in [0.3, 0.4) is 0 Å². The Morgan fingerprint density at radius 2 is 1.86 bits per heavy atom. The van der Waals surface area contributed by atoms with Gasteiger partial charge in [-0.1, -0.05) is 47.7 Å². The highest BCUT2D eigenvalue weighted by molar-refractivity contribution is 5.89. The average molecular weight is 481 g/mol. The van der Waals surface area contributed by atoms with Gasteiger partial charge in [0.15, 0.2) is 0 Å². The molecule has 1 atom stereocenters. The van der Waals surface area contributed by atoms with Crippen molar-refractivity contribution in [2.45, 2.75) is 12.6 Å². The minimum absolute atomic E-state index is 0.0156. The van der Waals surface area contributed by atoms with Gasteiger partial charge < -0.3 is 19.7 Å². The van der Waals surface area contributed by atoms with Gasteiger partial charge in [0.1, 0.15) is 18.1 Å². The van der Waals surface area contributed by atoms with E-state index in [0.717, 1.165) is 29.7 Å². The van der Waals surface area contributed by atoms with Crippen molar-refractivity contribution in [1.29, 1.82) is 0 Å². The second-order valence-corrected chi connectivity index (χ2v) is 8.37. The highest BCUT2D eigenvalue weighted by Gasteiger charge is 2.32. The van der Waals surface area contributed by atoms with E-state index in [0.29, 0.717) is 39.5 Å². The van der Waals surface area contributed by atoms with Crippen LogP contribution in [0.25, 0.3) is 11.0 Å². The van der Waals surface area contributed by atoms with Crippen LogP contribution >= 0.6 is 0 Å². The summed E-state index contributed by atoms with van der Waals surface area (Å²) in [5.41, 5.74) is 2.24. The van der Waals surface area contributed by atoms with Crippen molar-refractivity contribution in [2.24, 2.45) is 0 Å². The van der Waals surface area contributed by atoms with Crippen molar-refractivity contribution in [2.75, 3.05) is 59.7 Å². The number of para-hydroxylation sites is 1. The maximum atomic E-state index is 13.8. The molecule has 2 heterocycles. The molecule has 10 heteroatoms. The van der Waals surface area contributed by atoms with E-state index in [-0.39, 0.29) is 18.4 Å². The highest BCUT2D eigenvalue weighted by Crippen LogP contribution is 2.22. The molecular formula is C25H32N6O4. The van der Waals surface area contributed by atoms with Crippen LogP contribution in [0.4, 0.5) is 0 Å². The van der Waals surface area contributed by atoms with Crippen molar-refractivity contribution >= 4 is 22.8 Å². The predicted molar refractivity (Wildman–Crippen MR) is 131 cm³/mol. The fourth-order valence-corrected chi connectivity index (χ4v) is 4.21.